The smallest absolute Gasteiger partial charge is 0.346 e. The zero-order valence-electron chi connectivity index (χ0n) is 21.9. The number of nitriles is 1. The molecule has 0 radical (unpaired) electrons. The second kappa shape index (κ2) is 11.9. The minimum absolute atomic E-state index is 0.0212. The summed E-state index contributed by atoms with van der Waals surface area (Å²) in [5.41, 5.74) is 0.606. The molecular formula is C27H27F4N9O. The number of H-pyrrole nitrogens is 1. The molecule has 1 aliphatic heterocycles. The van der Waals surface area contributed by atoms with Crippen LogP contribution in [0, 0.1) is 17.1 Å². The number of fused-ring (bicyclic) bond motifs is 1. The number of halogens is 4. The van der Waals surface area contributed by atoms with Crippen LogP contribution in [0.5, 0.6) is 0 Å². The van der Waals surface area contributed by atoms with Crippen LogP contribution in [0.4, 0.5) is 28.0 Å². The fraction of sp³-hybridized carbons (Fsp3) is 0.370. The van der Waals surface area contributed by atoms with Gasteiger partial charge in [0, 0.05) is 62.0 Å². The van der Waals surface area contributed by atoms with E-state index in [1.165, 1.54) is 11.2 Å². The van der Waals surface area contributed by atoms with Gasteiger partial charge in [-0.1, -0.05) is 0 Å². The maximum absolute atomic E-state index is 13.4. The molecular weight excluding hydrogens is 542 g/mol. The van der Waals surface area contributed by atoms with Gasteiger partial charge in [0.15, 0.2) is 0 Å². The molecule has 41 heavy (non-hydrogen) atoms. The van der Waals surface area contributed by atoms with Crippen LogP contribution in [0.25, 0.3) is 22.3 Å². The van der Waals surface area contributed by atoms with Crippen molar-refractivity contribution in [2.24, 2.45) is 0 Å². The topological polar surface area (TPSA) is 119 Å². The van der Waals surface area contributed by atoms with Gasteiger partial charge in [0.05, 0.1) is 35.8 Å². The fourth-order valence-electron chi connectivity index (χ4n) is 5.05. The summed E-state index contributed by atoms with van der Waals surface area (Å²) >= 11 is 0. The van der Waals surface area contributed by atoms with Gasteiger partial charge in [0.1, 0.15) is 17.8 Å². The second-order valence-electron chi connectivity index (χ2n) is 9.76. The third-order valence-electron chi connectivity index (χ3n) is 7.13. The van der Waals surface area contributed by atoms with Gasteiger partial charge in [-0.2, -0.15) is 23.5 Å². The molecule has 2 amide bonds. The lowest BCUT2D eigenvalue weighted by atomic mass is 10.1. The van der Waals surface area contributed by atoms with E-state index in [0.717, 1.165) is 40.8 Å². The lowest BCUT2D eigenvalue weighted by molar-refractivity contribution is -0.137. The monoisotopic (exact) mass is 569 g/mol. The van der Waals surface area contributed by atoms with E-state index in [-0.39, 0.29) is 6.04 Å². The van der Waals surface area contributed by atoms with Crippen molar-refractivity contribution < 1.29 is 22.4 Å². The van der Waals surface area contributed by atoms with E-state index in [2.05, 4.69) is 36.3 Å². The molecule has 1 aromatic carbocycles. The van der Waals surface area contributed by atoms with Crippen LogP contribution >= 0.6 is 0 Å². The molecule has 0 bridgehead atoms. The van der Waals surface area contributed by atoms with Crippen molar-refractivity contribution in [2.45, 2.75) is 38.0 Å². The van der Waals surface area contributed by atoms with Gasteiger partial charge in [-0.3, -0.25) is 9.58 Å². The fourth-order valence-corrected chi connectivity index (χ4v) is 5.05. The Labute approximate surface area is 232 Å². The number of unbranched alkanes of at least 4 members (excludes halogenated alkanes) is 1. The van der Waals surface area contributed by atoms with Crippen LogP contribution in [0.3, 0.4) is 0 Å². The van der Waals surface area contributed by atoms with Crippen molar-refractivity contribution in [1.29, 1.82) is 5.26 Å². The summed E-state index contributed by atoms with van der Waals surface area (Å²) in [5.74, 6) is -1.04. The quantitative estimate of drug-likeness (QED) is 0.230. The summed E-state index contributed by atoms with van der Waals surface area (Å²) in [7, 11) is 0. The Bertz CT molecular complexity index is 1550. The molecule has 0 spiro atoms. The highest BCUT2D eigenvalue weighted by Crippen LogP contribution is 2.35. The van der Waals surface area contributed by atoms with Crippen molar-refractivity contribution in [2.75, 3.05) is 31.5 Å². The van der Waals surface area contributed by atoms with E-state index in [1.807, 2.05) is 16.9 Å². The first-order valence-corrected chi connectivity index (χ1v) is 13.1. The number of anilines is 1. The maximum Gasteiger partial charge on any atom is 0.418 e. The highest BCUT2D eigenvalue weighted by Gasteiger charge is 2.35. The zero-order valence-corrected chi connectivity index (χ0v) is 21.9. The number of aromatic amines is 1. The standard InChI is InChI=1S/C27H27F4N9O/c28-19-4-5-23(22(13-19)27(29,30)31)37-26(41)39-11-9-38(10-12-39)20(3-1-2-7-32)16-40-15-18(14-36-40)24-21-6-8-33-25(21)35-17-34-24/h4-6,8,13-15,17,20H,1-3,9-12,16H2,(H,37,41)(H,33,34,35)/t20-/m1/s1. The highest BCUT2D eigenvalue weighted by molar-refractivity contribution is 5.91. The summed E-state index contributed by atoms with van der Waals surface area (Å²) in [5, 5.41) is 16.7. The summed E-state index contributed by atoms with van der Waals surface area (Å²) < 4.78 is 55.3. The number of carbonyl (C=O) groups is 1. The molecule has 3 aromatic heterocycles. The number of amides is 2. The Morgan fingerprint density at radius 1 is 1.17 bits per heavy atom. The zero-order chi connectivity index (χ0) is 29.0. The Kier molecular flexibility index (Phi) is 8.16. The summed E-state index contributed by atoms with van der Waals surface area (Å²) in [6, 6.07) is 5.57. The highest BCUT2D eigenvalue weighted by atomic mass is 19.4. The molecule has 10 nitrogen and oxygen atoms in total. The molecule has 4 aromatic rings. The van der Waals surface area contributed by atoms with Crippen molar-refractivity contribution in [3.63, 3.8) is 0 Å². The molecule has 1 saturated heterocycles. The molecule has 0 aliphatic carbocycles. The molecule has 4 heterocycles. The molecule has 1 atom stereocenters. The Morgan fingerprint density at radius 3 is 2.73 bits per heavy atom. The molecule has 0 unspecified atom stereocenters. The first kappa shape index (κ1) is 28.0. The minimum atomic E-state index is -4.81. The number of rotatable bonds is 8. The first-order valence-electron chi connectivity index (χ1n) is 13.1. The van der Waals surface area contributed by atoms with E-state index >= 15 is 0 Å². The van der Waals surface area contributed by atoms with Crippen LogP contribution < -0.4 is 5.32 Å². The van der Waals surface area contributed by atoms with E-state index < -0.39 is 29.3 Å². The van der Waals surface area contributed by atoms with Gasteiger partial charge in [-0.05, 0) is 37.1 Å². The van der Waals surface area contributed by atoms with Crippen LogP contribution in [0.1, 0.15) is 24.8 Å². The van der Waals surface area contributed by atoms with Crippen LogP contribution in [0.2, 0.25) is 0 Å². The van der Waals surface area contributed by atoms with Gasteiger partial charge in [0.2, 0.25) is 0 Å². The number of carbonyl (C=O) groups excluding carboxylic acids is 1. The molecule has 0 saturated carbocycles. The van der Waals surface area contributed by atoms with E-state index in [9.17, 15) is 22.4 Å². The lowest BCUT2D eigenvalue weighted by Crippen LogP contribution is -2.53. The van der Waals surface area contributed by atoms with Gasteiger partial charge in [-0.25, -0.2) is 19.2 Å². The summed E-state index contributed by atoms with van der Waals surface area (Å²) in [6.45, 7) is 2.11. The van der Waals surface area contributed by atoms with E-state index in [4.69, 9.17) is 5.26 Å². The minimum Gasteiger partial charge on any atom is -0.346 e. The van der Waals surface area contributed by atoms with Gasteiger partial charge >= 0.3 is 12.2 Å². The van der Waals surface area contributed by atoms with Crippen LogP contribution in [0.15, 0.2) is 49.2 Å². The molecule has 214 valence electrons. The number of benzene rings is 1. The lowest BCUT2D eigenvalue weighted by Gasteiger charge is -2.39. The number of urea groups is 1. The molecule has 2 N–H and O–H groups in total. The van der Waals surface area contributed by atoms with Gasteiger partial charge in [-0.15, -0.1) is 0 Å². The maximum atomic E-state index is 13.4. The number of alkyl halides is 3. The molecule has 5 rings (SSSR count). The summed E-state index contributed by atoms with van der Waals surface area (Å²) in [6.07, 6.45) is 3.97. The normalized spacial score (nSPS) is 15.1. The van der Waals surface area contributed by atoms with E-state index in [1.54, 1.807) is 12.4 Å². The third-order valence-corrected chi connectivity index (χ3v) is 7.13. The number of hydrogen-bond donors (Lipinski definition) is 2. The van der Waals surface area contributed by atoms with Crippen molar-refractivity contribution in [1.82, 2.24) is 34.5 Å². The predicted octanol–water partition coefficient (Wildman–Crippen LogP) is 4.89. The van der Waals surface area contributed by atoms with Gasteiger partial charge in [0.25, 0.3) is 0 Å². The average Bonchev–Trinajstić information content (AvgIpc) is 3.63. The molecule has 14 heteroatoms. The summed E-state index contributed by atoms with van der Waals surface area (Å²) in [4.78, 5) is 28.1. The number of hydrogen-bond acceptors (Lipinski definition) is 6. The predicted molar refractivity (Wildman–Crippen MR) is 142 cm³/mol. The Balaban J connectivity index is 1.24. The number of piperazine rings is 1. The molecule has 1 fully saturated rings. The van der Waals surface area contributed by atoms with Gasteiger partial charge < -0.3 is 15.2 Å². The number of nitrogens with one attached hydrogen (secondary N) is 2. The Morgan fingerprint density at radius 2 is 1.98 bits per heavy atom. The van der Waals surface area contributed by atoms with Crippen LogP contribution in [-0.2, 0) is 12.7 Å². The largest absolute Gasteiger partial charge is 0.418 e. The van der Waals surface area contributed by atoms with E-state index in [0.29, 0.717) is 51.6 Å². The Hall–Kier alpha value is -4.51. The SMILES string of the molecule is N#CCCC[C@H](Cn1cc(-c2ncnc3[nH]ccc23)cn1)N1CCN(C(=O)Nc2ccc(F)cc2C(F)(F)F)CC1. The van der Waals surface area contributed by atoms with Crippen molar-refractivity contribution in [3.05, 3.63) is 60.6 Å². The van der Waals surface area contributed by atoms with Crippen LogP contribution in [-0.4, -0.2) is 72.8 Å². The van der Waals surface area contributed by atoms with Crippen molar-refractivity contribution >= 4 is 22.8 Å². The third kappa shape index (κ3) is 6.46. The number of nitrogens with zero attached hydrogens (tertiary/aromatic N) is 7. The first-order chi connectivity index (χ1) is 19.7. The average molecular weight is 570 g/mol. The molecule has 1 aliphatic rings. The van der Waals surface area contributed by atoms with Crippen molar-refractivity contribution in [3.8, 4) is 17.3 Å². The number of aromatic nitrogens is 5. The second-order valence-corrected chi connectivity index (χ2v) is 9.76.